The van der Waals surface area contributed by atoms with Gasteiger partial charge in [0.25, 0.3) is 0 Å². The van der Waals surface area contributed by atoms with Crippen LogP contribution < -0.4 is 11.1 Å². The molecule has 2 rings (SSSR count). The molecule has 1 aromatic rings. The molecule has 2 unspecified atom stereocenters. The average molecular weight is 265 g/mol. The summed E-state index contributed by atoms with van der Waals surface area (Å²) in [5.74, 6) is 0.545. The van der Waals surface area contributed by atoms with E-state index in [2.05, 4.69) is 10.3 Å². The fraction of sp³-hybridized carbons (Fsp3) is 0.538. The Hall–Kier alpha value is -1.07. The first-order valence-electron chi connectivity index (χ1n) is 6.24. The summed E-state index contributed by atoms with van der Waals surface area (Å²) in [7, 11) is 0. The molecule has 1 saturated carbocycles. The summed E-state index contributed by atoms with van der Waals surface area (Å²) in [6.07, 6.45) is 4.00. The summed E-state index contributed by atoms with van der Waals surface area (Å²) in [5.41, 5.74) is 6.92. The molecule has 1 fully saturated rings. The second-order valence-corrected chi connectivity index (χ2v) is 5.82. The summed E-state index contributed by atoms with van der Waals surface area (Å²) in [6.45, 7) is 1.95. The molecule has 0 bridgehead atoms. The van der Waals surface area contributed by atoms with Crippen LogP contribution in [-0.2, 0) is 4.79 Å². The Morgan fingerprint density at radius 1 is 1.61 bits per heavy atom. The van der Waals surface area contributed by atoms with Gasteiger partial charge in [0.1, 0.15) is 0 Å². The molecule has 0 aliphatic heterocycles. The predicted molar refractivity (Wildman–Crippen MR) is 74.3 cm³/mol. The van der Waals surface area contributed by atoms with E-state index < -0.39 is 0 Å². The zero-order chi connectivity index (χ0) is 13.0. The molecule has 3 N–H and O–H groups in total. The van der Waals surface area contributed by atoms with Gasteiger partial charge in [-0.25, -0.2) is 0 Å². The zero-order valence-corrected chi connectivity index (χ0v) is 11.3. The summed E-state index contributed by atoms with van der Waals surface area (Å²) in [6, 6.07) is 6.18. The van der Waals surface area contributed by atoms with E-state index in [1.54, 1.807) is 18.0 Å². The third kappa shape index (κ3) is 3.99. The highest BCUT2D eigenvalue weighted by Crippen LogP contribution is 2.29. The first-order valence-corrected chi connectivity index (χ1v) is 7.29. The maximum atomic E-state index is 11.7. The van der Waals surface area contributed by atoms with Gasteiger partial charge in [0.2, 0.25) is 5.91 Å². The Bertz CT molecular complexity index is 392. The SMILES string of the molecule is CC(N)C(SCC(=O)NC1CC1)c1ccccn1. The molecule has 4 nitrogen and oxygen atoms in total. The minimum Gasteiger partial charge on any atom is -0.353 e. The number of amides is 1. The molecule has 1 aromatic heterocycles. The van der Waals surface area contributed by atoms with Gasteiger partial charge in [-0.1, -0.05) is 6.07 Å². The van der Waals surface area contributed by atoms with Crippen LogP contribution in [0, 0.1) is 0 Å². The van der Waals surface area contributed by atoms with E-state index in [4.69, 9.17) is 5.73 Å². The lowest BCUT2D eigenvalue weighted by Crippen LogP contribution is -2.29. The van der Waals surface area contributed by atoms with Crippen LogP contribution in [0.3, 0.4) is 0 Å². The van der Waals surface area contributed by atoms with Gasteiger partial charge < -0.3 is 11.1 Å². The van der Waals surface area contributed by atoms with E-state index in [0.29, 0.717) is 11.8 Å². The van der Waals surface area contributed by atoms with Crippen LogP contribution in [0.5, 0.6) is 0 Å². The normalized spacial score (nSPS) is 18.1. The number of nitrogens with two attached hydrogens (primary N) is 1. The number of nitrogens with one attached hydrogen (secondary N) is 1. The fourth-order valence-electron chi connectivity index (χ4n) is 1.71. The molecule has 1 aliphatic rings. The van der Waals surface area contributed by atoms with Crippen molar-refractivity contribution in [2.75, 3.05) is 5.75 Å². The first kappa shape index (κ1) is 13.4. The van der Waals surface area contributed by atoms with Gasteiger partial charge in [-0.05, 0) is 31.9 Å². The van der Waals surface area contributed by atoms with Gasteiger partial charge in [0.05, 0.1) is 16.7 Å². The second-order valence-electron chi connectivity index (χ2n) is 4.69. The predicted octanol–water partition coefficient (Wildman–Crippen LogP) is 1.48. The summed E-state index contributed by atoms with van der Waals surface area (Å²) < 4.78 is 0. The van der Waals surface area contributed by atoms with Gasteiger partial charge in [-0.15, -0.1) is 11.8 Å². The van der Waals surface area contributed by atoms with E-state index in [1.165, 1.54) is 0 Å². The summed E-state index contributed by atoms with van der Waals surface area (Å²) in [4.78, 5) is 16.0. The van der Waals surface area contributed by atoms with E-state index in [1.807, 2.05) is 25.1 Å². The van der Waals surface area contributed by atoms with Crippen LogP contribution in [0.15, 0.2) is 24.4 Å². The molecule has 98 valence electrons. The molecule has 1 heterocycles. The standard InChI is InChI=1S/C13H19N3OS/c1-9(14)13(11-4-2-3-7-15-11)18-8-12(17)16-10-5-6-10/h2-4,7,9-10,13H,5-6,8,14H2,1H3,(H,16,17). The maximum absolute atomic E-state index is 11.7. The van der Waals surface area contributed by atoms with Crippen molar-refractivity contribution in [1.82, 2.24) is 10.3 Å². The van der Waals surface area contributed by atoms with E-state index in [-0.39, 0.29) is 17.2 Å². The third-order valence-corrected chi connectivity index (χ3v) is 4.25. The molecular formula is C13H19N3OS. The number of hydrogen-bond acceptors (Lipinski definition) is 4. The van der Waals surface area contributed by atoms with Gasteiger partial charge in [-0.2, -0.15) is 0 Å². The summed E-state index contributed by atoms with van der Waals surface area (Å²) >= 11 is 1.56. The van der Waals surface area contributed by atoms with Crippen molar-refractivity contribution in [3.05, 3.63) is 30.1 Å². The number of hydrogen-bond donors (Lipinski definition) is 2. The van der Waals surface area contributed by atoms with Crippen molar-refractivity contribution in [2.24, 2.45) is 5.73 Å². The van der Waals surface area contributed by atoms with Crippen LogP contribution in [-0.4, -0.2) is 28.7 Å². The van der Waals surface area contributed by atoms with E-state index in [0.717, 1.165) is 18.5 Å². The Morgan fingerprint density at radius 3 is 2.94 bits per heavy atom. The first-order chi connectivity index (χ1) is 8.66. The van der Waals surface area contributed by atoms with Gasteiger partial charge in [0.15, 0.2) is 0 Å². The molecule has 0 aromatic carbocycles. The van der Waals surface area contributed by atoms with Crippen molar-refractivity contribution in [1.29, 1.82) is 0 Å². The molecule has 0 spiro atoms. The van der Waals surface area contributed by atoms with E-state index in [9.17, 15) is 4.79 Å². The monoisotopic (exact) mass is 265 g/mol. The molecule has 18 heavy (non-hydrogen) atoms. The number of rotatable bonds is 6. The highest BCUT2D eigenvalue weighted by molar-refractivity contribution is 8.00. The average Bonchev–Trinajstić information content (AvgIpc) is 3.14. The number of thioether (sulfide) groups is 1. The smallest absolute Gasteiger partial charge is 0.230 e. The molecule has 5 heteroatoms. The minimum absolute atomic E-state index is 0.0291. The molecule has 0 saturated heterocycles. The highest BCUT2D eigenvalue weighted by Gasteiger charge is 2.24. The van der Waals surface area contributed by atoms with Crippen LogP contribution in [0.1, 0.15) is 30.7 Å². The van der Waals surface area contributed by atoms with Crippen molar-refractivity contribution >= 4 is 17.7 Å². The Balaban J connectivity index is 1.88. The lowest BCUT2D eigenvalue weighted by atomic mass is 10.2. The number of carbonyl (C=O) groups excluding carboxylic acids is 1. The van der Waals surface area contributed by atoms with Crippen molar-refractivity contribution in [2.45, 2.75) is 37.1 Å². The van der Waals surface area contributed by atoms with Crippen LogP contribution in [0.2, 0.25) is 0 Å². The van der Waals surface area contributed by atoms with Crippen molar-refractivity contribution < 1.29 is 4.79 Å². The third-order valence-electron chi connectivity index (χ3n) is 2.79. The van der Waals surface area contributed by atoms with Crippen LogP contribution >= 0.6 is 11.8 Å². The molecule has 0 radical (unpaired) electrons. The summed E-state index contributed by atoms with van der Waals surface area (Å²) in [5, 5.41) is 3.04. The highest BCUT2D eigenvalue weighted by atomic mass is 32.2. The Labute approximate surface area is 112 Å². The molecular weight excluding hydrogens is 246 g/mol. The number of aromatic nitrogens is 1. The number of pyridine rings is 1. The van der Waals surface area contributed by atoms with Gasteiger partial charge in [0, 0.05) is 18.3 Å². The van der Waals surface area contributed by atoms with Crippen molar-refractivity contribution in [3.63, 3.8) is 0 Å². The lowest BCUT2D eigenvalue weighted by molar-refractivity contribution is -0.118. The Kier molecular flexibility index (Phi) is 4.60. The Morgan fingerprint density at radius 2 is 2.39 bits per heavy atom. The second kappa shape index (κ2) is 6.20. The zero-order valence-electron chi connectivity index (χ0n) is 10.5. The minimum atomic E-state index is -0.0291. The van der Waals surface area contributed by atoms with Gasteiger partial charge in [-0.3, -0.25) is 9.78 Å². The molecule has 2 atom stereocenters. The van der Waals surface area contributed by atoms with Crippen LogP contribution in [0.25, 0.3) is 0 Å². The van der Waals surface area contributed by atoms with Crippen LogP contribution in [0.4, 0.5) is 0 Å². The number of carbonyl (C=O) groups is 1. The topological polar surface area (TPSA) is 68.0 Å². The van der Waals surface area contributed by atoms with Gasteiger partial charge >= 0.3 is 0 Å². The molecule has 1 amide bonds. The maximum Gasteiger partial charge on any atom is 0.230 e. The molecule has 1 aliphatic carbocycles. The number of nitrogens with zero attached hydrogens (tertiary/aromatic N) is 1. The quantitative estimate of drug-likeness (QED) is 0.817. The fourth-order valence-corrected chi connectivity index (χ4v) is 2.74. The van der Waals surface area contributed by atoms with Crippen molar-refractivity contribution in [3.8, 4) is 0 Å². The van der Waals surface area contributed by atoms with E-state index >= 15 is 0 Å². The lowest BCUT2D eigenvalue weighted by Gasteiger charge is -2.19. The largest absolute Gasteiger partial charge is 0.353 e.